The molecule has 0 aliphatic rings. The zero-order valence-electron chi connectivity index (χ0n) is 12.3. The summed E-state index contributed by atoms with van der Waals surface area (Å²) < 4.78 is 5.45. The molecule has 0 aliphatic heterocycles. The van der Waals surface area contributed by atoms with Crippen molar-refractivity contribution in [1.82, 2.24) is 0 Å². The Morgan fingerprint density at radius 1 is 1.25 bits per heavy atom. The van der Waals surface area contributed by atoms with Crippen molar-refractivity contribution in [2.24, 2.45) is 0 Å². The van der Waals surface area contributed by atoms with Gasteiger partial charge in [0.25, 0.3) is 5.69 Å². The van der Waals surface area contributed by atoms with Gasteiger partial charge in [-0.2, -0.15) is 0 Å². The highest BCUT2D eigenvalue weighted by molar-refractivity contribution is 5.63. The quantitative estimate of drug-likeness (QED) is 0.413. The van der Waals surface area contributed by atoms with Crippen LogP contribution in [0.3, 0.4) is 0 Å². The molecule has 0 aromatic heterocycles. The summed E-state index contributed by atoms with van der Waals surface area (Å²) in [7, 11) is 1.74. The van der Waals surface area contributed by atoms with Crippen LogP contribution in [0.5, 0.6) is 0 Å². The lowest BCUT2D eigenvalue weighted by Crippen LogP contribution is -2.07. The van der Waals surface area contributed by atoms with Gasteiger partial charge in [0.15, 0.2) is 0 Å². The van der Waals surface area contributed by atoms with E-state index in [4.69, 9.17) is 4.74 Å². The molecule has 1 rings (SSSR count). The number of benzene rings is 1. The van der Waals surface area contributed by atoms with Crippen LogP contribution in [0.1, 0.15) is 26.7 Å². The van der Waals surface area contributed by atoms with Crippen molar-refractivity contribution in [3.8, 4) is 0 Å². The number of hydrogen-bond donors (Lipinski definition) is 2. The molecule has 112 valence electrons. The van der Waals surface area contributed by atoms with E-state index in [0.717, 1.165) is 37.4 Å². The Balaban J connectivity index is 2.43. The highest BCUT2D eigenvalue weighted by Crippen LogP contribution is 2.23. The van der Waals surface area contributed by atoms with E-state index in [1.807, 2.05) is 19.9 Å². The van der Waals surface area contributed by atoms with Crippen molar-refractivity contribution in [2.75, 3.05) is 30.8 Å². The molecule has 0 bridgehead atoms. The van der Waals surface area contributed by atoms with Crippen LogP contribution in [-0.4, -0.2) is 31.2 Å². The number of unbranched alkanes of at least 4 members (excludes halogenated alkanes) is 1. The van der Waals surface area contributed by atoms with Crippen LogP contribution in [0.25, 0.3) is 0 Å². The van der Waals surface area contributed by atoms with Gasteiger partial charge in [0.1, 0.15) is 0 Å². The van der Waals surface area contributed by atoms with Gasteiger partial charge in [-0.25, -0.2) is 0 Å². The molecule has 0 atom stereocenters. The summed E-state index contributed by atoms with van der Waals surface area (Å²) in [6.07, 6.45) is 2.20. The predicted molar refractivity (Wildman–Crippen MR) is 81.5 cm³/mol. The largest absolute Gasteiger partial charge is 0.388 e. The van der Waals surface area contributed by atoms with Gasteiger partial charge in [0.05, 0.1) is 11.0 Å². The number of anilines is 2. The molecule has 0 radical (unpaired) electrons. The van der Waals surface area contributed by atoms with Crippen molar-refractivity contribution in [2.45, 2.75) is 32.8 Å². The second kappa shape index (κ2) is 8.37. The lowest BCUT2D eigenvalue weighted by atomic mass is 10.2. The van der Waals surface area contributed by atoms with Crippen molar-refractivity contribution in [3.05, 3.63) is 28.3 Å². The van der Waals surface area contributed by atoms with E-state index >= 15 is 0 Å². The third-order valence-electron chi connectivity index (χ3n) is 2.77. The van der Waals surface area contributed by atoms with Crippen molar-refractivity contribution in [1.29, 1.82) is 0 Å². The third-order valence-corrected chi connectivity index (χ3v) is 2.77. The van der Waals surface area contributed by atoms with Crippen molar-refractivity contribution >= 4 is 17.1 Å². The zero-order chi connectivity index (χ0) is 15.0. The van der Waals surface area contributed by atoms with Gasteiger partial charge >= 0.3 is 0 Å². The van der Waals surface area contributed by atoms with Crippen LogP contribution >= 0.6 is 0 Å². The minimum absolute atomic E-state index is 0.0856. The molecular weight excluding hydrogens is 258 g/mol. The van der Waals surface area contributed by atoms with Crippen LogP contribution < -0.4 is 10.6 Å². The second-order valence-electron chi connectivity index (χ2n) is 4.83. The van der Waals surface area contributed by atoms with Crippen molar-refractivity contribution < 1.29 is 9.66 Å². The molecule has 0 saturated heterocycles. The van der Waals surface area contributed by atoms with Gasteiger partial charge in [-0.3, -0.25) is 10.1 Å². The first-order valence-electron chi connectivity index (χ1n) is 6.85. The fourth-order valence-electron chi connectivity index (χ4n) is 1.74. The molecule has 0 heterocycles. The maximum atomic E-state index is 10.8. The summed E-state index contributed by atoms with van der Waals surface area (Å²) in [6, 6.07) is 4.92. The molecular formula is C14H23N3O3. The van der Waals surface area contributed by atoms with E-state index in [0.29, 0.717) is 0 Å². The predicted octanol–water partition coefficient (Wildman–Crippen LogP) is 3.25. The Morgan fingerprint density at radius 2 is 1.95 bits per heavy atom. The molecule has 1 aromatic rings. The van der Waals surface area contributed by atoms with Gasteiger partial charge in [0, 0.05) is 43.7 Å². The van der Waals surface area contributed by atoms with Gasteiger partial charge in [-0.15, -0.1) is 0 Å². The summed E-state index contributed by atoms with van der Waals surface area (Å²) in [5.74, 6) is 0. The maximum absolute atomic E-state index is 10.8. The van der Waals surface area contributed by atoms with E-state index in [1.54, 1.807) is 13.1 Å². The third kappa shape index (κ3) is 5.88. The average molecular weight is 281 g/mol. The number of nitro benzene ring substituents is 1. The fraction of sp³-hybridized carbons (Fsp3) is 0.571. The lowest BCUT2D eigenvalue weighted by molar-refractivity contribution is -0.384. The van der Waals surface area contributed by atoms with Gasteiger partial charge in [-0.05, 0) is 32.8 Å². The minimum atomic E-state index is -0.386. The van der Waals surface area contributed by atoms with E-state index in [1.165, 1.54) is 6.07 Å². The summed E-state index contributed by atoms with van der Waals surface area (Å²) in [6.45, 7) is 5.54. The Labute approximate surface area is 119 Å². The lowest BCUT2D eigenvalue weighted by Gasteiger charge is -2.10. The Morgan fingerprint density at radius 3 is 2.55 bits per heavy atom. The van der Waals surface area contributed by atoms with Gasteiger partial charge in [-0.1, -0.05) is 0 Å². The summed E-state index contributed by atoms with van der Waals surface area (Å²) in [5, 5.41) is 17.0. The fourth-order valence-corrected chi connectivity index (χ4v) is 1.74. The number of hydrogen-bond acceptors (Lipinski definition) is 5. The zero-order valence-corrected chi connectivity index (χ0v) is 12.3. The number of nitro groups is 1. The molecule has 0 saturated carbocycles. The number of non-ortho nitro benzene ring substituents is 1. The molecule has 0 amide bonds. The van der Waals surface area contributed by atoms with E-state index < -0.39 is 0 Å². The van der Waals surface area contributed by atoms with E-state index in [-0.39, 0.29) is 16.7 Å². The van der Waals surface area contributed by atoms with Crippen molar-refractivity contribution in [3.63, 3.8) is 0 Å². The molecule has 1 aromatic carbocycles. The Hall–Kier alpha value is -1.82. The molecule has 0 fully saturated rings. The van der Waals surface area contributed by atoms with Crippen LogP contribution in [0, 0.1) is 10.1 Å². The Kier molecular flexibility index (Phi) is 6.79. The molecule has 0 spiro atoms. The summed E-state index contributed by atoms with van der Waals surface area (Å²) >= 11 is 0. The van der Waals surface area contributed by atoms with Gasteiger partial charge < -0.3 is 15.4 Å². The first-order valence-corrected chi connectivity index (χ1v) is 6.85. The first kappa shape index (κ1) is 16.2. The van der Waals surface area contributed by atoms with Crippen LogP contribution in [0.4, 0.5) is 17.1 Å². The number of nitrogens with zero attached hydrogens (tertiary/aromatic N) is 1. The smallest absolute Gasteiger partial charge is 0.273 e. The minimum Gasteiger partial charge on any atom is -0.388 e. The molecule has 20 heavy (non-hydrogen) atoms. The number of nitrogens with one attached hydrogen (secondary N) is 2. The monoisotopic (exact) mass is 281 g/mol. The summed E-state index contributed by atoms with van der Waals surface area (Å²) in [5.41, 5.74) is 1.57. The topological polar surface area (TPSA) is 76.4 Å². The standard InChI is InChI=1S/C14H23N3O3/c1-11(2)20-7-5-4-6-16-13-8-12(15-3)9-14(10-13)17(18)19/h8-11,15-16H,4-7H2,1-3H3. The Bertz CT molecular complexity index is 436. The second-order valence-corrected chi connectivity index (χ2v) is 4.83. The maximum Gasteiger partial charge on any atom is 0.273 e. The molecule has 0 unspecified atom stereocenters. The SMILES string of the molecule is CNc1cc(NCCCCOC(C)C)cc([N+](=O)[O-])c1. The van der Waals surface area contributed by atoms with Crippen LogP contribution in [0.2, 0.25) is 0 Å². The van der Waals surface area contributed by atoms with Crippen LogP contribution in [-0.2, 0) is 4.74 Å². The molecule has 2 N–H and O–H groups in total. The van der Waals surface area contributed by atoms with E-state index in [2.05, 4.69) is 10.6 Å². The number of ether oxygens (including phenoxy) is 1. The molecule has 0 aliphatic carbocycles. The van der Waals surface area contributed by atoms with Gasteiger partial charge in [0.2, 0.25) is 0 Å². The molecule has 6 nitrogen and oxygen atoms in total. The van der Waals surface area contributed by atoms with Crippen LogP contribution in [0.15, 0.2) is 18.2 Å². The average Bonchev–Trinajstić information content (AvgIpc) is 2.41. The molecule has 6 heteroatoms. The van der Waals surface area contributed by atoms with E-state index in [9.17, 15) is 10.1 Å². The number of rotatable bonds is 9. The summed E-state index contributed by atoms with van der Waals surface area (Å²) in [4.78, 5) is 10.4. The highest BCUT2D eigenvalue weighted by Gasteiger charge is 2.08. The highest BCUT2D eigenvalue weighted by atomic mass is 16.6. The first-order chi connectivity index (χ1) is 9.52. The normalized spacial score (nSPS) is 10.6.